The maximum absolute atomic E-state index is 12.9. The van der Waals surface area contributed by atoms with E-state index >= 15 is 0 Å². The number of halogens is 1. The van der Waals surface area contributed by atoms with Crippen LogP contribution in [0.3, 0.4) is 0 Å². The predicted molar refractivity (Wildman–Crippen MR) is 59.4 cm³/mol. The van der Waals surface area contributed by atoms with Gasteiger partial charge in [-0.25, -0.2) is 4.39 Å². The zero-order valence-corrected chi connectivity index (χ0v) is 9.25. The van der Waals surface area contributed by atoms with Gasteiger partial charge in [0, 0.05) is 5.69 Å². The van der Waals surface area contributed by atoms with Gasteiger partial charge in [0.1, 0.15) is 5.82 Å². The largest absolute Gasteiger partial charge is 0.398 e. The molecule has 0 bridgehead atoms. The van der Waals surface area contributed by atoms with Gasteiger partial charge >= 0.3 is 0 Å². The maximum atomic E-state index is 12.9. The molecule has 1 aromatic rings. The second kappa shape index (κ2) is 4.49. The Kier molecular flexibility index (Phi) is 3.49. The lowest BCUT2D eigenvalue weighted by Crippen LogP contribution is -2.46. The van der Waals surface area contributed by atoms with Gasteiger partial charge in [-0.2, -0.15) is 0 Å². The fourth-order valence-corrected chi connectivity index (χ4v) is 1.14. The van der Waals surface area contributed by atoms with Crippen molar-refractivity contribution in [2.75, 3.05) is 12.3 Å². The van der Waals surface area contributed by atoms with Gasteiger partial charge in [-0.1, -0.05) is 0 Å². The lowest BCUT2D eigenvalue weighted by atomic mass is 10.1. The van der Waals surface area contributed by atoms with E-state index in [9.17, 15) is 9.18 Å². The number of nitrogens with two attached hydrogens (primary N) is 1. The summed E-state index contributed by atoms with van der Waals surface area (Å²) >= 11 is 0. The lowest BCUT2D eigenvalue weighted by molar-refractivity contribution is 0.0870. The number of nitrogen functional groups attached to an aromatic ring is 1. The third-order valence-corrected chi connectivity index (χ3v) is 2.11. The Morgan fingerprint density at radius 2 is 2.19 bits per heavy atom. The third kappa shape index (κ3) is 2.93. The average Bonchev–Trinajstić information content (AvgIpc) is 2.21. The smallest absolute Gasteiger partial charge is 0.253 e. The minimum atomic E-state index is -0.768. The van der Waals surface area contributed by atoms with Gasteiger partial charge in [-0.05, 0) is 32.0 Å². The molecule has 5 heteroatoms. The van der Waals surface area contributed by atoms with Crippen LogP contribution >= 0.6 is 0 Å². The van der Waals surface area contributed by atoms with Crippen molar-refractivity contribution in [1.29, 1.82) is 0 Å². The number of amides is 1. The Bertz CT molecular complexity index is 405. The molecule has 4 nitrogen and oxygen atoms in total. The van der Waals surface area contributed by atoms with Crippen molar-refractivity contribution in [1.82, 2.24) is 5.32 Å². The van der Waals surface area contributed by atoms with E-state index in [4.69, 9.17) is 10.8 Å². The Morgan fingerprint density at radius 1 is 1.56 bits per heavy atom. The normalized spacial score (nSPS) is 11.2. The molecule has 0 aromatic heterocycles. The average molecular weight is 226 g/mol. The van der Waals surface area contributed by atoms with E-state index in [1.54, 1.807) is 13.8 Å². The van der Waals surface area contributed by atoms with Crippen molar-refractivity contribution in [3.05, 3.63) is 29.6 Å². The molecule has 0 spiro atoms. The minimum Gasteiger partial charge on any atom is -0.398 e. The lowest BCUT2D eigenvalue weighted by Gasteiger charge is -2.23. The highest BCUT2D eigenvalue weighted by molar-refractivity contribution is 5.99. The number of anilines is 1. The molecule has 0 saturated heterocycles. The standard InChI is InChI=1S/C11H15FN2O2/c1-11(2,6-15)14-10(16)8-5-7(12)3-4-9(8)13/h3-5,15H,6,13H2,1-2H3,(H,14,16). The number of carbonyl (C=O) groups excluding carboxylic acids is 1. The summed E-state index contributed by atoms with van der Waals surface area (Å²) in [4.78, 5) is 11.7. The van der Waals surface area contributed by atoms with Crippen LogP contribution in [-0.4, -0.2) is 23.2 Å². The van der Waals surface area contributed by atoms with Gasteiger partial charge < -0.3 is 16.2 Å². The van der Waals surface area contributed by atoms with Crippen LogP contribution in [0.15, 0.2) is 18.2 Å². The van der Waals surface area contributed by atoms with Crippen molar-refractivity contribution in [3.63, 3.8) is 0 Å². The molecule has 4 N–H and O–H groups in total. The number of rotatable bonds is 3. The molecule has 0 atom stereocenters. The first-order valence-corrected chi connectivity index (χ1v) is 4.84. The number of carbonyl (C=O) groups is 1. The van der Waals surface area contributed by atoms with Crippen LogP contribution in [0.4, 0.5) is 10.1 Å². The molecule has 0 aliphatic carbocycles. The monoisotopic (exact) mass is 226 g/mol. The molecule has 0 aliphatic heterocycles. The third-order valence-electron chi connectivity index (χ3n) is 2.11. The highest BCUT2D eigenvalue weighted by Crippen LogP contribution is 2.14. The number of nitrogens with one attached hydrogen (secondary N) is 1. The molecule has 0 heterocycles. The van der Waals surface area contributed by atoms with Gasteiger partial charge in [0.2, 0.25) is 0 Å². The van der Waals surface area contributed by atoms with Crippen LogP contribution in [0.25, 0.3) is 0 Å². The summed E-state index contributed by atoms with van der Waals surface area (Å²) in [6.07, 6.45) is 0. The van der Waals surface area contributed by atoms with E-state index in [0.717, 1.165) is 6.07 Å². The highest BCUT2D eigenvalue weighted by atomic mass is 19.1. The van der Waals surface area contributed by atoms with Crippen LogP contribution in [0.1, 0.15) is 24.2 Å². The zero-order chi connectivity index (χ0) is 12.3. The predicted octanol–water partition coefficient (Wildman–Crippen LogP) is 0.909. The maximum Gasteiger partial charge on any atom is 0.253 e. The van der Waals surface area contributed by atoms with Gasteiger partial charge in [0.25, 0.3) is 5.91 Å². The fourth-order valence-electron chi connectivity index (χ4n) is 1.14. The first-order valence-electron chi connectivity index (χ1n) is 4.84. The number of aliphatic hydroxyl groups excluding tert-OH is 1. The van der Waals surface area contributed by atoms with Crippen molar-refractivity contribution in [3.8, 4) is 0 Å². The molecule has 16 heavy (non-hydrogen) atoms. The van der Waals surface area contributed by atoms with Crippen LogP contribution in [0.5, 0.6) is 0 Å². The molecule has 0 aliphatic rings. The molecule has 0 saturated carbocycles. The molecular formula is C11H15FN2O2. The second-order valence-corrected chi connectivity index (χ2v) is 4.23. The summed E-state index contributed by atoms with van der Waals surface area (Å²) in [6.45, 7) is 3.09. The summed E-state index contributed by atoms with van der Waals surface area (Å²) in [7, 11) is 0. The number of hydrogen-bond acceptors (Lipinski definition) is 3. The summed E-state index contributed by atoms with van der Waals surface area (Å²) in [5.41, 5.74) is 5.07. The van der Waals surface area contributed by atoms with Crippen LogP contribution in [-0.2, 0) is 0 Å². The van der Waals surface area contributed by atoms with E-state index in [1.165, 1.54) is 12.1 Å². The fraction of sp³-hybridized carbons (Fsp3) is 0.364. The Hall–Kier alpha value is -1.62. The molecule has 88 valence electrons. The van der Waals surface area contributed by atoms with Crippen LogP contribution in [0.2, 0.25) is 0 Å². The van der Waals surface area contributed by atoms with Crippen LogP contribution in [0, 0.1) is 5.82 Å². The Morgan fingerprint density at radius 3 is 2.75 bits per heavy atom. The van der Waals surface area contributed by atoms with Crippen molar-refractivity contribution >= 4 is 11.6 Å². The van der Waals surface area contributed by atoms with Crippen molar-refractivity contribution < 1.29 is 14.3 Å². The van der Waals surface area contributed by atoms with E-state index in [0.29, 0.717) is 0 Å². The van der Waals surface area contributed by atoms with Gasteiger partial charge in [-0.3, -0.25) is 4.79 Å². The SMILES string of the molecule is CC(C)(CO)NC(=O)c1cc(F)ccc1N. The number of benzene rings is 1. The quantitative estimate of drug-likeness (QED) is 0.670. The van der Waals surface area contributed by atoms with Gasteiger partial charge in [-0.15, -0.1) is 0 Å². The summed E-state index contributed by atoms with van der Waals surface area (Å²) in [5.74, 6) is -1.03. The molecule has 1 amide bonds. The molecule has 0 fully saturated rings. The molecule has 0 radical (unpaired) electrons. The highest BCUT2D eigenvalue weighted by Gasteiger charge is 2.21. The van der Waals surface area contributed by atoms with Gasteiger partial charge in [0.15, 0.2) is 0 Å². The van der Waals surface area contributed by atoms with E-state index in [1.807, 2.05) is 0 Å². The summed E-state index contributed by atoms with van der Waals surface area (Å²) < 4.78 is 12.9. The molecule has 0 unspecified atom stereocenters. The van der Waals surface area contributed by atoms with Crippen LogP contribution < -0.4 is 11.1 Å². The van der Waals surface area contributed by atoms with E-state index in [2.05, 4.69) is 5.32 Å². The minimum absolute atomic E-state index is 0.0709. The molecule has 1 rings (SSSR count). The number of hydrogen-bond donors (Lipinski definition) is 3. The van der Waals surface area contributed by atoms with E-state index < -0.39 is 17.3 Å². The van der Waals surface area contributed by atoms with Gasteiger partial charge in [0.05, 0.1) is 17.7 Å². The van der Waals surface area contributed by atoms with Crippen molar-refractivity contribution in [2.24, 2.45) is 0 Å². The topological polar surface area (TPSA) is 75.3 Å². The Balaban J connectivity index is 2.93. The first-order chi connectivity index (χ1) is 7.35. The van der Waals surface area contributed by atoms with E-state index in [-0.39, 0.29) is 17.9 Å². The number of aliphatic hydroxyl groups is 1. The van der Waals surface area contributed by atoms with Crippen molar-refractivity contribution in [2.45, 2.75) is 19.4 Å². The first kappa shape index (κ1) is 12.4. The zero-order valence-electron chi connectivity index (χ0n) is 9.25. The summed E-state index contributed by atoms with van der Waals surface area (Å²) in [5, 5.41) is 11.5. The summed E-state index contributed by atoms with van der Waals surface area (Å²) in [6, 6.07) is 3.58. The molecule has 1 aromatic carbocycles. The Labute approximate surface area is 93.3 Å². The molecular weight excluding hydrogens is 211 g/mol. The second-order valence-electron chi connectivity index (χ2n) is 4.23.